The Labute approximate surface area is 104 Å². The Balaban J connectivity index is 2.79. The third-order valence-electron chi connectivity index (χ3n) is 3.50. The highest BCUT2D eigenvalue weighted by molar-refractivity contribution is 5.86. The van der Waals surface area contributed by atoms with Crippen LogP contribution in [0.4, 0.5) is 0 Å². The fraction of sp³-hybridized carbons (Fsp3) is 0.846. The van der Waals surface area contributed by atoms with E-state index >= 15 is 0 Å². The first-order chi connectivity index (χ1) is 8.07. The zero-order valence-corrected chi connectivity index (χ0v) is 11.0. The maximum absolute atomic E-state index is 12.5. The highest BCUT2D eigenvalue weighted by atomic mass is 16.5. The van der Waals surface area contributed by atoms with E-state index in [1.165, 1.54) is 0 Å². The Morgan fingerprint density at radius 2 is 2.06 bits per heavy atom. The number of hydrogen-bond acceptors (Lipinski definition) is 3. The Kier molecular flexibility index (Phi) is 4.95. The van der Waals surface area contributed by atoms with E-state index in [1.807, 2.05) is 13.8 Å². The predicted octanol–water partition coefficient (Wildman–Crippen LogP) is 1.95. The van der Waals surface area contributed by atoms with Gasteiger partial charge in [-0.3, -0.25) is 4.79 Å². The van der Waals surface area contributed by atoms with Crippen molar-refractivity contribution in [3.8, 4) is 6.07 Å². The van der Waals surface area contributed by atoms with Gasteiger partial charge in [0.1, 0.15) is 5.41 Å². The van der Waals surface area contributed by atoms with E-state index < -0.39 is 5.41 Å². The molecule has 1 aliphatic rings. The molecule has 0 aromatic heterocycles. The van der Waals surface area contributed by atoms with E-state index in [1.54, 1.807) is 12.0 Å². The first-order valence-corrected chi connectivity index (χ1v) is 6.28. The monoisotopic (exact) mass is 238 g/mol. The minimum atomic E-state index is -0.766. The Hall–Kier alpha value is -1.08. The van der Waals surface area contributed by atoms with Gasteiger partial charge in [0.25, 0.3) is 0 Å². The third kappa shape index (κ3) is 2.98. The van der Waals surface area contributed by atoms with Crippen LogP contribution in [0.1, 0.15) is 39.5 Å². The predicted molar refractivity (Wildman–Crippen MR) is 65.2 cm³/mol. The fourth-order valence-electron chi connectivity index (χ4n) is 2.41. The van der Waals surface area contributed by atoms with Gasteiger partial charge in [-0.2, -0.15) is 5.26 Å². The fourth-order valence-corrected chi connectivity index (χ4v) is 2.41. The minimum absolute atomic E-state index is 0.00968. The van der Waals surface area contributed by atoms with Crippen LogP contribution in [0.15, 0.2) is 0 Å². The molecule has 1 amide bonds. The molecule has 1 fully saturated rings. The van der Waals surface area contributed by atoms with Crippen molar-refractivity contribution in [3.05, 3.63) is 0 Å². The molecule has 0 saturated heterocycles. The van der Waals surface area contributed by atoms with Crippen LogP contribution in [0.3, 0.4) is 0 Å². The summed E-state index contributed by atoms with van der Waals surface area (Å²) in [4.78, 5) is 14.3. The van der Waals surface area contributed by atoms with Crippen molar-refractivity contribution in [2.45, 2.75) is 45.6 Å². The van der Waals surface area contributed by atoms with Crippen molar-refractivity contribution >= 4 is 5.91 Å². The van der Waals surface area contributed by atoms with Gasteiger partial charge >= 0.3 is 0 Å². The van der Waals surface area contributed by atoms with Crippen molar-refractivity contribution in [3.63, 3.8) is 0 Å². The molecule has 4 nitrogen and oxygen atoms in total. The SMILES string of the molecule is COCCN(C(=O)C1(C#N)CCCC1)C(C)C. The molecule has 0 spiro atoms. The number of carbonyl (C=O) groups excluding carboxylic acids is 1. The summed E-state index contributed by atoms with van der Waals surface area (Å²) in [6, 6.07) is 2.37. The van der Waals surface area contributed by atoms with E-state index in [9.17, 15) is 10.1 Å². The van der Waals surface area contributed by atoms with Crippen molar-refractivity contribution in [2.24, 2.45) is 5.41 Å². The summed E-state index contributed by atoms with van der Waals surface area (Å²) >= 11 is 0. The molecule has 0 aromatic carbocycles. The van der Waals surface area contributed by atoms with Crippen molar-refractivity contribution in [1.29, 1.82) is 5.26 Å². The molecule has 1 saturated carbocycles. The number of hydrogen-bond donors (Lipinski definition) is 0. The van der Waals surface area contributed by atoms with Crippen LogP contribution in [0.5, 0.6) is 0 Å². The summed E-state index contributed by atoms with van der Waals surface area (Å²) in [6.07, 6.45) is 3.38. The number of carbonyl (C=O) groups is 1. The lowest BCUT2D eigenvalue weighted by molar-refractivity contribution is -0.141. The van der Waals surface area contributed by atoms with Gasteiger partial charge in [0.15, 0.2) is 0 Å². The summed E-state index contributed by atoms with van der Waals surface area (Å²) in [5, 5.41) is 9.31. The highest BCUT2D eigenvalue weighted by Crippen LogP contribution is 2.39. The largest absolute Gasteiger partial charge is 0.383 e. The van der Waals surface area contributed by atoms with E-state index in [-0.39, 0.29) is 11.9 Å². The molecule has 1 aliphatic carbocycles. The Morgan fingerprint density at radius 1 is 1.47 bits per heavy atom. The van der Waals surface area contributed by atoms with Crippen LogP contribution in [0, 0.1) is 16.7 Å². The number of amides is 1. The molecule has 0 unspecified atom stereocenters. The number of methoxy groups -OCH3 is 1. The summed E-state index contributed by atoms with van der Waals surface area (Å²) in [7, 11) is 1.62. The molecule has 17 heavy (non-hydrogen) atoms. The molecule has 0 atom stereocenters. The van der Waals surface area contributed by atoms with Gasteiger partial charge in [-0.15, -0.1) is 0 Å². The van der Waals surface area contributed by atoms with Gasteiger partial charge in [0.2, 0.25) is 5.91 Å². The van der Waals surface area contributed by atoms with Crippen LogP contribution in [-0.2, 0) is 9.53 Å². The quantitative estimate of drug-likeness (QED) is 0.735. The number of nitrogens with zero attached hydrogens (tertiary/aromatic N) is 2. The Morgan fingerprint density at radius 3 is 2.47 bits per heavy atom. The highest BCUT2D eigenvalue weighted by Gasteiger charge is 2.44. The molecule has 0 radical (unpaired) electrons. The first-order valence-electron chi connectivity index (χ1n) is 6.28. The molecule has 0 bridgehead atoms. The maximum Gasteiger partial charge on any atom is 0.243 e. The van der Waals surface area contributed by atoms with Gasteiger partial charge in [0, 0.05) is 19.7 Å². The van der Waals surface area contributed by atoms with E-state index in [2.05, 4.69) is 6.07 Å². The zero-order valence-electron chi connectivity index (χ0n) is 11.0. The van der Waals surface area contributed by atoms with Gasteiger partial charge in [0.05, 0.1) is 12.7 Å². The third-order valence-corrected chi connectivity index (χ3v) is 3.50. The molecule has 0 N–H and O–H groups in total. The second-order valence-electron chi connectivity index (χ2n) is 4.99. The molecule has 4 heteroatoms. The smallest absolute Gasteiger partial charge is 0.243 e. The summed E-state index contributed by atoms with van der Waals surface area (Å²) in [5.41, 5.74) is -0.766. The number of ether oxygens (including phenoxy) is 1. The van der Waals surface area contributed by atoms with Crippen molar-refractivity contribution in [2.75, 3.05) is 20.3 Å². The minimum Gasteiger partial charge on any atom is -0.383 e. The second kappa shape index (κ2) is 6.02. The van der Waals surface area contributed by atoms with Gasteiger partial charge < -0.3 is 9.64 Å². The molecular weight excluding hydrogens is 216 g/mol. The summed E-state index contributed by atoms with van der Waals surface area (Å²) in [5.74, 6) is -0.00968. The topological polar surface area (TPSA) is 53.3 Å². The number of rotatable bonds is 5. The summed E-state index contributed by atoms with van der Waals surface area (Å²) < 4.78 is 5.03. The first kappa shape index (κ1) is 14.0. The molecule has 96 valence electrons. The van der Waals surface area contributed by atoms with Crippen LogP contribution in [-0.4, -0.2) is 37.1 Å². The second-order valence-corrected chi connectivity index (χ2v) is 4.99. The normalized spacial score (nSPS) is 18.1. The van der Waals surface area contributed by atoms with Gasteiger partial charge in [-0.25, -0.2) is 0 Å². The van der Waals surface area contributed by atoms with Gasteiger partial charge in [-0.05, 0) is 26.7 Å². The van der Waals surface area contributed by atoms with Crippen LogP contribution >= 0.6 is 0 Å². The van der Waals surface area contributed by atoms with Crippen molar-refractivity contribution < 1.29 is 9.53 Å². The molecule has 0 aromatic rings. The average Bonchev–Trinajstić information content (AvgIpc) is 2.78. The summed E-state index contributed by atoms with van der Waals surface area (Å²) in [6.45, 7) is 5.04. The lowest BCUT2D eigenvalue weighted by atomic mass is 9.86. The van der Waals surface area contributed by atoms with Crippen LogP contribution in [0.25, 0.3) is 0 Å². The molecule has 0 aliphatic heterocycles. The lowest BCUT2D eigenvalue weighted by Gasteiger charge is -2.32. The average molecular weight is 238 g/mol. The zero-order chi connectivity index (χ0) is 12.9. The van der Waals surface area contributed by atoms with E-state index in [4.69, 9.17) is 4.74 Å². The maximum atomic E-state index is 12.5. The van der Waals surface area contributed by atoms with Crippen LogP contribution < -0.4 is 0 Å². The lowest BCUT2D eigenvalue weighted by Crippen LogP contribution is -2.47. The van der Waals surface area contributed by atoms with E-state index in [0.29, 0.717) is 26.0 Å². The number of nitriles is 1. The molecular formula is C13H22N2O2. The van der Waals surface area contributed by atoms with Crippen LogP contribution in [0.2, 0.25) is 0 Å². The molecule has 1 rings (SSSR count). The molecule has 0 heterocycles. The Bertz CT molecular complexity index is 301. The van der Waals surface area contributed by atoms with Crippen molar-refractivity contribution in [1.82, 2.24) is 4.90 Å². The van der Waals surface area contributed by atoms with Gasteiger partial charge in [-0.1, -0.05) is 12.8 Å². The standard InChI is InChI=1S/C13H22N2O2/c1-11(2)15(8-9-17-3)12(16)13(10-14)6-4-5-7-13/h11H,4-9H2,1-3H3. The van der Waals surface area contributed by atoms with E-state index in [0.717, 1.165) is 12.8 Å².